The lowest BCUT2D eigenvalue weighted by Gasteiger charge is -2.18. The van der Waals surface area contributed by atoms with Gasteiger partial charge in [0.25, 0.3) is 0 Å². The molecule has 0 aliphatic heterocycles. The number of nitrogens with zero attached hydrogens (tertiary/aromatic N) is 2. The van der Waals surface area contributed by atoms with Gasteiger partial charge in [0.1, 0.15) is 5.82 Å². The van der Waals surface area contributed by atoms with Gasteiger partial charge in [-0.1, -0.05) is 24.3 Å². The smallest absolute Gasteiger partial charge is 0.125 e. The van der Waals surface area contributed by atoms with Crippen molar-refractivity contribution in [2.75, 3.05) is 0 Å². The Morgan fingerprint density at radius 2 is 1.81 bits per heavy atom. The van der Waals surface area contributed by atoms with E-state index in [4.69, 9.17) is 0 Å². The first-order valence-corrected chi connectivity index (χ1v) is 5.25. The van der Waals surface area contributed by atoms with E-state index in [-0.39, 0.29) is 12.4 Å². The van der Waals surface area contributed by atoms with Crippen molar-refractivity contribution in [1.82, 2.24) is 9.97 Å². The van der Waals surface area contributed by atoms with Crippen LogP contribution in [0.5, 0.6) is 0 Å². The highest BCUT2D eigenvalue weighted by Gasteiger charge is 2.16. The SMILES string of the molecule is Cc1ncc2c(n1)-c1ccccc1CC2.Cl. The Labute approximate surface area is 101 Å². The van der Waals surface area contributed by atoms with Gasteiger partial charge in [-0.15, -0.1) is 12.4 Å². The fourth-order valence-corrected chi connectivity index (χ4v) is 2.15. The molecule has 2 nitrogen and oxygen atoms in total. The summed E-state index contributed by atoms with van der Waals surface area (Å²) in [5.74, 6) is 0.852. The van der Waals surface area contributed by atoms with Crippen molar-refractivity contribution in [2.45, 2.75) is 19.8 Å². The van der Waals surface area contributed by atoms with E-state index in [2.05, 4.69) is 34.2 Å². The average Bonchev–Trinajstić information content (AvgIpc) is 2.29. The first-order chi connectivity index (χ1) is 7.34. The molecule has 0 saturated heterocycles. The summed E-state index contributed by atoms with van der Waals surface area (Å²) in [6, 6.07) is 8.51. The molecule has 0 spiro atoms. The molecule has 0 bridgehead atoms. The third-order valence-electron chi connectivity index (χ3n) is 2.92. The van der Waals surface area contributed by atoms with Gasteiger partial charge in [-0.3, -0.25) is 0 Å². The molecule has 0 saturated carbocycles. The zero-order valence-electron chi connectivity index (χ0n) is 9.10. The predicted octanol–water partition coefficient (Wildman–Crippen LogP) is 2.97. The molecule has 2 aromatic rings. The zero-order chi connectivity index (χ0) is 10.3. The van der Waals surface area contributed by atoms with Crippen LogP contribution in [-0.2, 0) is 12.8 Å². The molecular formula is C13H13ClN2. The molecule has 1 aromatic heterocycles. The standard InChI is InChI=1S/C13H12N2.ClH/c1-9-14-8-11-7-6-10-4-2-3-5-12(10)13(11)15-9;/h2-5,8H,6-7H2,1H3;1H. The van der Waals surface area contributed by atoms with Crippen molar-refractivity contribution < 1.29 is 0 Å². The van der Waals surface area contributed by atoms with Crippen LogP contribution in [0.1, 0.15) is 17.0 Å². The molecule has 1 aliphatic carbocycles. The molecule has 0 radical (unpaired) electrons. The Morgan fingerprint density at radius 1 is 1.06 bits per heavy atom. The van der Waals surface area contributed by atoms with Crippen LogP contribution in [0.25, 0.3) is 11.3 Å². The van der Waals surface area contributed by atoms with E-state index in [0.29, 0.717) is 0 Å². The number of hydrogen-bond acceptors (Lipinski definition) is 2. The molecule has 16 heavy (non-hydrogen) atoms. The summed E-state index contributed by atoms with van der Waals surface area (Å²) in [4.78, 5) is 8.80. The highest BCUT2D eigenvalue weighted by atomic mass is 35.5. The number of halogens is 1. The first-order valence-electron chi connectivity index (χ1n) is 5.25. The topological polar surface area (TPSA) is 25.8 Å². The van der Waals surface area contributed by atoms with Gasteiger partial charge in [0, 0.05) is 11.8 Å². The molecule has 0 N–H and O–H groups in total. The van der Waals surface area contributed by atoms with E-state index in [1.807, 2.05) is 13.1 Å². The number of rotatable bonds is 0. The Bertz CT molecular complexity index is 523. The predicted molar refractivity (Wildman–Crippen MR) is 66.9 cm³/mol. The Kier molecular flexibility index (Phi) is 2.92. The summed E-state index contributed by atoms with van der Waals surface area (Å²) < 4.78 is 0. The first kappa shape index (κ1) is 11.1. The lowest BCUT2D eigenvalue weighted by atomic mass is 9.90. The zero-order valence-corrected chi connectivity index (χ0v) is 9.92. The van der Waals surface area contributed by atoms with Crippen LogP contribution in [0.4, 0.5) is 0 Å². The van der Waals surface area contributed by atoms with Gasteiger partial charge in [-0.05, 0) is 30.9 Å². The summed E-state index contributed by atoms with van der Waals surface area (Å²) in [7, 11) is 0. The number of hydrogen-bond donors (Lipinski definition) is 0. The summed E-state index contributed by atoms with van der Waals surface area (Å²) in [5.41, 5.74) is 5.09. The number of aromatic nitrogens is 2. The number of fused-ring (bicyclic) bond motifs is 3. The second-order valence-electron chi connectivity index (χ2n) is 3.95. The molecule has 3 heteroatoms. The quantitative estimate of drug-likeness (QED) is 0.698. The van der Waals surface area contributed by atoms with Gasteiger partial charge in [-0.2, -0.15) is 0 Å². The molecule has 0 unspecified atom stereocenters. The van der Waals surface area contributed by atoms with Crippen molar-refractivity contribution in [3.05, 3.63) is 47.4 Å². The summed E-state index contributed by atoms with van der Waals surface area (Å²) >= 11 is 0. The summed E-state index contributed by atoms with van der Waals surface area (Å²) in [6.07, 6.45) is 4.13. The summed E-state index contributed by atoms with van der Waals surface area (Å²) in [5, 5.41) is 0. The van der Waals surface area contributed by atoms with Crippen molar-refractivity contribution in [2.24, 2.45) is 0 Å². The van der Waals surface area contributed by atoms with Crippen molar-refractivity contribution in [3.63, 3.8) is 0 Å². The van der Waals surface area contributed by atoms with Gasteiger partial charge in [0.15, 0.2) is 0 Å². The molecule has 1 aromatic carbocycles. The van der Waals surface area contributed by atoms with E-state index in [9.17, 15) is 0 Å². The Hall–Kier alpha value is -1.41. The molecule has 1 heterocycles. The van der Waals surface area contributed by atoms with Crippen molar-refractivity contribution >= 4 is 12.4 Å². The second kappa shape index (κ2) is 4.22. The maximum atomic E-state index is 4.54. The average molecular weight is 233 g/mol. The van der Waals surface area contributed by atoms with Crippen LogP contribution in [0.2, 0.25) is 0 Å². The van der Waals surface area contributed by atoms with Crippen LogP contribution in [0, 0.1) is 6.92 Å². The van der Waals surface area contributed by atoms with Gasteiger partial charge in [0.2, 0.25) is 0 Å². The van der Waals surface area contributed by atoms with Gasteiger partial charge < -0.3 is 0 Å². The normalized spacial score (nSPS) is 12.3. The van der Waals surface area contributed by atoms with Crippen LogP contribution in [0.15, 0.2) is 30.5 Å². The van der Waals surface area contributed by atoms with Crippen LogP contribution >= 0.6 is 12.4 Å². The van der Waals surface area contributed by atoms with Crippen LogP contribution in [0.3, 0.4) is 0 Å². The number of benzene rings is 1. The Balaban J connectivity index is 0.000000963. The fourth-order valence-electron chi connectivity index (χ4n) is 2.15. The highest BCUT2D eigenvalue weighted by Crippen LogP contribution is 2.30. The van der Waals surface area contributed by atoms with Crippen LogP contribution < -0.4 is 0 Å². The minimum atomic E-state index is 0. The largest absolute Gasteiger partial charge is 0.241 e. The lowest BCUT2D eigenvalue weighted by molar-refractivity contribution is 0.896. The second-order valence-corrected chi connectivity index (χ2v) is 3.95. The lowest BCUT2D eigenvalue weighted by Crippen LogP contribution is -2.07. The van der Waals surface area contributed by atoms with Crippen molar-refractivity contribution in [3.8, 4) is 11.3 Å². The molecular weight excluding hydrogens is 220 g/mol. The highest BCUT2D eigenvalue weighted by molar-refractivity contribution is 5.85. The van der Waals surface area contributed by atoms with E-state index >= 15 is 0 Å². The van der Waals surface area contributed by atoms with E-state index in [1.165, 1.54) is 16.7 Å². The van der Waals surface area contributed by atoms with Gasteiger partial charge in [0.05, 0.1) is 5.69 Å². The minimum absolute atomic E-state index is 0. The summed E-state index contributed by atoms with van der Waals surface area (Å²) in [6.45, 7) is 1.94. The maximum Gasteiger partial charge on any atom is 0.125 e. The van der Waals surface area contributed by atoms with E-state index < -0.39 is 0 Å². The van der Waals surface area contributed by atoms with Gasteiger partial charge in [-0.25, -0.2) is 9.97 Å². The van der Waals surface area contributed by atoms with Crippen molar-refractivity contribution in [1.29, 1.82) is 0 Å². The third kappa shape index (κ3) is 1.69. The molecule has 0 amide bonds. The third-order valence-corrected chi connectivity index (χ3v) is 2.92. The molecule has 82 valence electrons. The van der Waals surface area contributed by atoms with Gasteiger partial charge >= 0.3 is 0 Å². The van der Waals surface area contributed by atoms with Crippen LogP contribution in [-0.4, -0.2) is 9.97 Å². The van der Waals surface area contributed by atoms with E-state index in [0.717, 1.165) is 24.4 Å². The fraction of sp³-hybridized carbons (Fsp3) is 0.231. The monoisotopic (exact) mass is 232 g/mol. The number of aryl methyl sites for hydroxylation is 3. The minimum Gasteiger partial charge on any atom is -0.241 e. The van der Waals surface area contributed by atoms with E-state index in [1.54, 1.807) is 0 Å². The maximum absolute atomic E-state index is 4.54. The molecule has 3 rings (SSSR count). The molecule has 0 atom stereocenters. The molecule has 0 fully saturated rings. The Morgan fingerprint density at radius 3 is 2.69 bits per heavy atom. The molecule has 1 aliphatic rings.